The first kappa shape index (κ1) is 13.1. The first-order chi connectivity index (χ1) is 8.70. The molecule has 98 valence electrons. The fourth-order valence-corrected chi connectivity index (χ4v) is 2.11. The van der Waals surface area contributed by atoms with Crippen LogP contribution in [0.1, 0.15) is 16.8 Å². The third kappa shape index (κ3) is 3.09. The molecular weight excluding hydrogens is 230 g/mol. The second-order valence-electron chi connectivity index (χ2n) is 4.59. The van der Waals surface area contributed by atoms with E-state index in [9.17, 15) is 4.79 Å². The SMILES string of the molecule is COc1cccc(C(=O)CN(C)C2CCOC2)c1. The summed E-state index contributed by atoms with van der Waals surface area (Å²) < 4.78 is 10.5. The Kier molecular flexibility index (Phi) is 4.33. The van der Waals surface area contributed by atoms with Gasteiger partial charge >= 0.3 is 0 Å². The minimum Gasteiger partial charge on any atom is -0.497 e. The van der Waals surface area contributed by atoms with Crippen LogP contribution in [0.2, 0.25) is 0 Å². The van der Waals surface area contributed by atoms with Gasteiger partial charge in [-0.2, -0.15) is 0 Å². The number of methoxy groups -OCH3 is 1. The zero-order valence-electron chi connectivity index (χ0n) is 10.9. The second kappa shape index (κ2) is 5.98. The maximum absolute atomic E-state index is 12.1. The first-order valence-electron chi connectivity index (χ1n) is 6.16. The molecule has 4 nitrogen and oxygen atoms in total. The number of ether oxygens (including phenoxy) is 2. The molecule has 1 atom stereocenters. The van der Waals surface area contributed by atoms with Crippen LogP contribution in [0.25, 0.3) is 0 Å². The molecule has 0 amide bonds. The molecule has 1 heterocycles. The lowest BCUT2D eigenvalue weighted by Crippen LogP contribution is -2.36. The molecule has 1 saturated heterocycles. The molecule has 18 heavy (non-hydrogen) atoms. The van der Waals surface area contributed by atoms with E-state index in [1.807, 2.05) is 25.2 Å². The molecule has 0 radical (unpaired) electrons. The predicted octanol–water partition coefficient (Wildman–Crippen LogP) is 1.60. The Hall–Kier alpha value is -1.39. The van der Waals surface area contributed by atoms with E-state index in [4.69, 9.17) is 9.47 Å². The van der Waals surface area contributed by atoms with Crippen molar-refractivity contribution in [1.29, 1.82) is 0 Å². The summed E-state index contributed by atoms with van der Waals surface area (Å²) in [4.78, 5) is 14.2. The van der Waals surface area contributed by atoms with Crippen LogP contribution in [0.4, 0.5) is 0 Å². The summed E-state index contributed by atoms with van der Waals surface area (Å²) in [6, 6.07) is 7.64. The topological polar surface area (TPSA) is 38.8 Å². The summed E-state index contributed by atoms with van der Waals surface area (Å²) in [7, 11) is 3.57. The van der Waals surface area contributed by atoms with Crippen LogP contribution in [-0.4, -0.2) is 50.6 Å². The monoisotopic (exact) mass is 249 g/mol. The average molecular weight is 249 g/mol. The van der Waals surface area contributed by atoms with Crippen molar-refractivity contribution >= 4 is 5.78 Å². The van der Waals surface area contributed by atoms with E-state index in [0.717, 1.165) is 19.6 Å². The normalized spacial score (nSPS) is 19.2. The number of Topliss-reactive ketones (excluding diaryl/α,β-unsaturated/α-hetero) is 1. The molecule has 2 rings (SSSR count). The van der Waals surface area contributed by atoms with Gasteiger partial charge in [-0.3, -0.25) is 9.69 Å². The van der Waals surface area contributed by atoms with Gasteiger partial charge in [0.25, 0.3) is 0 Å². The molecule has 1 aliphatic rings. The third-order valence-corrected chi connectivity index (χ3v) is 3.31. The zero-order valence-corrected chi connectivity index (χ0v) is 10.9. The van der Waals surface area contributed by atoms with Crippen LogP contribution in [0.15, 0.2) is 24.3 Å². The number of benzene rings is 1. The van der Waals surface area contributed by atoms with Crippen molar-refractivity contribution in [2.75, 3.05) is 33.9 Å². The predicted molar refractivity (Wildman–Crippen MR) is 69.2 cm³/mol. The van der Waals surface area contributed by atoms with E-state index in [-0.39, 0.29) is 5.78 Å². The second-order valence-corrected chi connectivity index (χ2v) is 4.59. The van der Waals surface area contributed by atoms with E-state index in [0.29, 0.717) is 23.9 Å². The first-order valence-corrected chi connectivity index (χ1v) is 6.16. The summed E-state index contributed by atoms with van der Waals surface area (Å²) in [6.45, 7) is 1.94. The van der Waals surface area contributed by atoms with Crippen molar-refractivity contribution in [3.05, 3.63) is 29.8 Å². The number of carbonyl (C=O) groups is 1. The van der Waals surface area contributed by atoms with Crippen molar-refractivity contribution in [2.24, 2.45) is 0 Å². The average Bonchev–Trinajstić information content (AvgIpc) is 2.92. The van der Waals surface area contributed by atoms with Gasteiger partial charge in [-0.15, -0.1) is 0 Å². The number of hydrogen-bond acceptors (Lipinski definition) is 4. The van der Waals surface area contributed by atoms with E-state index in [1.54, 1.807) is 13.2 Å². The lowest BCUT2D eigenvalue weighted by atomic mass is 10.1. The number of likely N-dealkylation sites (N-methyl/N-ethyl adjacent to an activating group) is 1. The number of nitrogens with zero attached hydrogens (tertiary/aromatic N) is 1. The highest BCUT2D eigenvalue weighted by atomic mass is 16.5. The molecule has 1 aromatic rings. The summed E-state index contributed by atoms with van der Waals surface area (Å²) in [6.07, 6.45) is 1.00. The fraction of sp³-hybridized carbons (Fsp3) is 0.500. The fourth-order valence-electron chi connectivity index (χ4n) is 2.11. The quantitative estimate of drug-likeness (QED) is 0.743. The number of ketones is 1. The maximum atomic E-state index is 12.1. The van der Waals surface area contributed by atoms with E-state index < -0.39 is 0 Å². The number of carbonyl (C=O) groups excluding carboxylic acids is 1. The molecule has 4 heteroatoms. The molecule has 0 bridgehead atoms. The van der Waals surface area contributed by atoms with E-state index >= 15 is 0 Å². The molecule has 0 saturated carbocycles. The Labute approximate surface area is 107 Å². The highest BCUT2D eigenvalue weighted by Crippen LogP contribution is 2.15. The van der Waals surface area contributed by atoms with Crippen molar-refractivity contribution < 1.29 is 14.3 Å². The van der Waals surface area contributed by atoms with Gasteiger partial charge in [-0.05, 0) is 25.6 Å². The minimum absolute atomic E-state index is 0.114. The van der Waals surface area contributed by atoms with E-state index in [1.165, 1.54) is 0 Å². The molecular formula is C14H19NO3. The standard InChI is InChI=1S/C14H19NO3/c1-15(12-6-7-18-10-12)9-14(16)11-4-3-5-13(8-11)17-2/h3-5,8,12H,6-7,9-10H2,1-2H3. The third-order valence-electron chi connectivity index (χ3n) is 3.31. The van der Waals surface area contributed by atoms with Crippen LogP contribution < -0.4 is 4.74 Å². The smallest absolute Gasteiger partial charge is 0.176 e. The van der Waals surface area contributed by atoms with Gasteiger partial charge in [-0.25, -0.2) is 0 Å². The van der Waals surface area contributed by atoms with E-state index in [2.05, 4.69) is 4.90 Å². The summed E-state index contributed by atoms with van der Waals surface area (Å²) in [5, 5.41) is 0. The lowest BCUT2D eigenvalue weighted by molar-refractivity contribution is 0.0907. The van der Waals surface area contributed by atoms with Crippen LogP contribution in [0.3, 0.4) is 0 Å². The van der Waals surface area contributed by atoms with Crippen LogP contribution >= 0.6 is 0 Å². The molecule has 1 aromatic carbocycles. The number of rotatable bonds is 5. The highest BCUT2D eigenvalue weighted by molar-refractivity contribution is 5.97. The molecule has 1 fully saturated rings. The zero-order chi connectivity index (χ0) is 13.0. The number of hydrogen-bond donors (Lipinski definition) is 0. The summed E-state index contributed by atoms with van der Waals surface area (Å²) in [5.41, 5.74) is 0.695. The van der Waals surface area contributed by atoms with Crippen LogP contribution in [0, 0.1) is 0 Å². The van der Waals surface area contributed by atoms with Gasteiger partial charge in [-0.1, -0.05) is 12.1 Å². The van der Waals surface area contributed by atoms with Gasteiger partial charge in [0, 0.05) is 18.2 Å². The van der Waals surface area contributed by atoms with Gasteiger partial charge in [0.15, 0.2) is 5.78 Å². The Morgan fingerprint density at radius 1 is 1.56 bits per heavy atom. The van der Waals surface area contributed by atoms with Crippen molar-refractivity contribution in [1.82, 2.24) is 4.90 Å². The molecule has 0 N–H and O–H groups in total. The largest absolute Gasteiger partial charge is 0.497 e. The Morgan fingerprint density at radius 2 is 2.39 bits per heavy atom. The van der Waals surface area contributed by atoms with Gasteiger partial charge in [0.2, 0.25) is 0 Å². The van der Waals surface area contributed by atoms with Crippen LogP contribution in [-0.2, 0) is 4.74 Å². The Balaban J connectivity index is 1.97. The maximum Gasteiger partial charge on any atom is 0.176 e. The summed E-state index contributed by atoms with van der Waals surface area (Å²) >= 11 is 0. The Bertz CT molecular complexity index is 413. The van der Waals surface area contributed by atoms with Crippen molar-refractivity contribution in [3.63, 3.8) is 0 Å². The van der Waals surface area contributed by atoms with Crippen LogP contribution in [0.5, 0.6) is 5.75 Å². The Morgan fingerprint density at radius 3 is 3.06 bits per heavy atom. The van der Waals surface area contributed by atoms with Crippen molar-refractivity contribution in [2.45, 2.75) is 12.5 Å². The highest BCUT2D eigenvalue weighted by Gasteiger charge is 2.22. The molecule has 0 aliphatic carbocycles. The molecule has 0 spiro atoms. The molecule has 1 unspecified atom stereocenters. The minimum atomic E-state index is 0.114. The molecule has 0 aromatic heterocycles. The van der Waals surface area contributed by atoms with Crippen molar-refractivity contribution in [3.8, 4) is 5.75 Å². The van der Waals surface area contributed by atoms with Gasteiger partial charge in [0.05, 0.1) is 20.3 Å². The van der Waals surface area contributed by atoms with Gasteiger partial charge < -0.3 is 9.47 Å². The van der Waals surface area contributed by atoms with Gasteiger partial charge in [0.1, 0.15) is 5.75 Å². The molecule has 1 aliphatic heterocycles. The lowest BCUT2D eigenvalue weighted by Gasteiger charge is -2.21. The summed E-state index contributed by atoms with van der Waals surface area (Å²) in [5.74, 6) is 0.830.